The number of aromatic nitrogens is 1. The molecule has 3 aromatic rings. The highest BCUT2D eigenvalue weighted by atomic mass is 35.5. The predicted molar refractivity (Wildman–Crippen MR) is 130 cm³/mol. The van der Waals surface area contributed by atoms with Gasteiger partial charge in [0, 0.05) is 24.1 Å². The maximum absolute atomic E-state index is 12.1. The molecule has 0 aliphatic rings. The summed E-state index contributed by atoms with van der Waals surface area (Å²) >= 11 is 0. The van der Waals surface area contributed by atoms with E-state index in [0.717, 1.165) is 5.56 Å². The van der Waals surface area contributed by atoms with Crippen LogP contribution >= 0.6 is 24.8 Å². The SMILES string of the molecule is COc1ccc(-c2cnoc2-c2cc(OC)c(OC)c(OC)c2)cc1NC(=O)CCN.Cl.Cl. The minimum absolute atomic E-state index is 0. The smallest absolute Gasteiger partial charge is 0.225 e. The average molecular weight is 500 g/mol. The molecule has 0 fully saturated rings. The Labute approximate surface area is 204 Å². The van der Waals surface area contributed by atoms with Crippen LogP contribution in [0.25, 0.3) is 22.5 Å². The minimum atomic E-state index is -0.201. The Hall–Kier alpha value is -3.14. The molecule has 3 N–H and O–H groups in total. The first-order valence-electron chi connectivity index (χ1n) is 9.49. The molecular weight excluding hydrogens is 473 g/mol. The van der Waals surface area contributed by atoms with Crippen molar-refractivity contribution in [2.24, 2.45) is 5.73 Å². The molecule has 0 bridgehead atoms. The van der Waals surface area contributed by atoms with Gasteiger partial charge in [-0.25, -0.2) is 0 Å². The van der Waals surface area contributed by atoms with Gasteiger partial charge in [0.1, 0.15) is 5.75 Å². The van der Waals surface area contributed by atoms with Gasteiger partial charge >= 0.3 is 0 Å². The lowest BCUT2D eigenvalue weighted by atomic mass is 10.0. The van der Waals surface area contributed by atoms with Crippen molar-refractivity contribution in [3.05, 3.63) is 36.5 Å². The van der Waals surface area contributed by atoms with Crippen molar-refractivity contribution in [2.75, 3.05) is 40.3 Å². The van der Waals surface area contributed by atoms with E-state index in [-0.39, 0.29) is 43.7 Å². The molecule has 0 radical (unpaired) electrons. The third-order valence-electron chi connectivity index (χ3n) is 4.65. The summed E-state index contributed by atoms with van der Waals surface area (Å²) in [4.78, 5) is 12.1. The van der Waals surface area contributed by atoms with Crippen molar-refractivity contribution >= 4 is 36.4 Å². The second-order valence-corrected chi connectivity index (χ2v) is 6.48. The van der Waals surface area contributed by atoms with Gasteiger partial charge in [0.25, 0.3) is 0 Å². The summed E-state index contributed by atoms with van der Waals surface area (Å²) < 4.78 is 27.2. The van der Waals surface area contributed by atoms with E-state index in [0.29, 0.717) is 45.6 Å². The van der Waals surface area contributed by atoms with Crippen molar-refractivity contribution in [3.8, 4) is 45.4 Å². The van der Waals surface area contributed by atoms with E-state index in [1.165, 1.54) is 14.2 Å². The van der Waals surface area contributed by atoms with E-state index in [1.807, 2.05) is 6.07 Å². The molecule has 3 rings (SSSR count). The third-order valence-corrected chi connectivity index (χ3v) is 4.65. The van der Waals surface area contributed by atoms with Gasteiger partial charge in [0.05, 0.1) is 40.3 Å². The van der Waals surface area contributed by atoms with Crippen LogP contribution in [0.4, 0.5) is 5.69 Å². The Morgan fingerprint density at radius 1 is 0.939 bits per heavy atom. The molecular formula is C22H27Cl2N3O6. The summed E-state index contributed by atoms with van der Waals surface area (Å²) in [5, 5.41) is 6.79. The number of methoxy groups -OCH3 is 4. The zero-order chi connectivity index (χ0) is 22.4. The third kappa shape index (κ3) is 6.01. The molecule has 0 saturated carbocycles. The maximum atomic E-state index is 12.1. The quantitative estimate of drug-likeness (QED) is 0.450. The number of nitrogens with zero attached hydrogens (tertiary/aromatic N) is 1. The highest BCUT2D eigenvalue weighted by Crippen LogP contribution is 2.43. The van der Waals surface area contributed by atoms with Gasteiger partial charge in [0.15, 0.2) is 17.3 Å². The summed E-state index contributed by atoms with van der Waals surface area (Å²) in [6.07, 6.45) is 1.81. The number of rotatable bonds is 9. The molecule has 0 aliphatic carbocycles. The van der Waals surface area contributed by atoms with E-state index in [4.69, 9.17) is 29.2 Å². The zero-order valence-corrected chi connectivity index (χ0v) is 20.3. The van der Waals surface area contributed by atoms with Gasteiger partial charge in [-0.15, -0.1) is 24.8 Å². The van der Waals surface area contributed by atoms with Crippen LogP contribution in [0.3, 0.4) is 0 Å². The number of ether oxygens (including phenoxy) is 4. The molecule has 9 nitrogen and oxygen atoms in total. The van der Waals surface area contributed by atoms with Crippen molar-refractivity contribution in [2.45, 2.75) is 6.42 Å². The van der Waals surface area contributed by atoms with Crippen molar-refractivity contribution < 1.29 is 28.3 Å². The van der Waals surface area contributed by atoms with Crippen molar-refractivity contribution in [3.63, 3.8) is 0 Å². The van der Waals surface area contributed by atoms with Crippen LogP contribution in [0.1, 0.15) is 6.42 Å². The van der Waals surface area contributed by atoms with Crippen LogP contribution in [0.2, 0.25) is 0 Å². The number of carbonyl (C=O) groups excluding carboxylic acids is 1. The monoisotopic (exact) mass is 499 g/mol. The molecule has 180 valence electrons. The van der Waals surface area contributed by atoms with E-state index in [2.05, 4.69) is 10.5 Å². The van der Waals surface area contributed by atoms with Crippen molar-refractivity contribution in [1.82, 2.24) is 5.16 Å². The number of carbonyl (C=O) groups is 1. The fourth-order valence-electron chi connectivity index (χ4n) is 3.18. The zero-order valence-electron chi connectivity index (χ0n) is 18.7. The van der Waals surface area contributed by atoms with Gasteiger partial charge in [-0.1, -0.05) is 11.2 Å². The maximum Gasteiger partial charge on any atom is 0.225 e. The summed E-state index contributed by atoms with van der Waals surface area (Å²) in [7, 11) is 6.16. The van der Waals surface area contributed by atoms with Crippen LogP contribution in [0, 0.1) is 0 Å². The van der Waals surface area contributed by atoms with Crippen LogP contribution in [0.15, 0.2) is 41.1 Å². The largest absolute Gasteiger partial charge is 0.495 e. The van der Waals surface area contributed by atoms with E-state index in [1.54, 1.807) is 44.7 Å². The molecule has 0 spiro atoms. The first kappa shape index (κ1) is 27.9. The number of amides is 1. The number of hydrogen-bond donors (Lipinski definition) is 2. The molecule has 0 aliphatic heterocycles. The molecule has 11 heteroatoms. The molecule has 1 amide bonds. The summed E-state index contributed by atoms with van der Waals surface area (Å²) in [5.41, 5.74) is 8.17. The number of hydrogen-bond acceptors (Lipinski definition) is 8. The van der Waals surface area contributed by atoms with E-state index >= 15 is 0 Å². The lowest BCUT2D eigenvalue weighted by Crippen LogP contribution is -2.16. The topological polar surface area (TPSA) is 118 Å². The van der Waals surface area contributed by atoms with Gasteiger partial charge in [-0.05, 0) is 29.8 Å². The first-order valence-corrected chi connectivity index (χ1v) is 9.49. The minimum Gasteiger partial charge on any atom is -0.495 e. The number of anilines is 1. The summed E-state index contributed by atoms with van der Waals surface area (Å²) in [5.74, 6) is 2.29. The highest BCUT2D eigenvalue weighted by molar-refractivity contribution is 5.94. The molecule has 0 atom stereocenters. The van der Waals surface area contributed by atoms with Crippen LogP contribution in [-0.4, -0.2) is 46.0 Å². The lowest BCUT2D eigenvalue weighted by Gasteiger charge is -2.14. The second kappa shape index (κ2) is 12.8. The summed E-state index contributed by atoms with van der Waals surface area (Å²) in [6, 6.07) is 8.96. The fourth-order valence-corrected chi connectivity index (χ4v) is 3.18. The van der Waals surface area contributed by atoms with Gasteiger partial charge in [-0.3, -0.25) is 4.79 Å². The Bertz CT molecular complexity index is 1050. The second-order valence-electron chi connectivity index (χ2n) is 6.48. The lowest BCUT2D eigenvalue weighted by molar-refractivity contribution is -0.116. The molecule has 1 heterocycles. The molecule has 0 saturated heterocycles. The standard InChI is InChI=1S/C22H25N3O6.2ClH/c1-27-17-6-5-13(9-16(17)25-20(26)7-8-23)15-12-24-31-21(15)14-10-18(28-2)22(30-4)19(11-14)29-3;;/h5-6,9-12H,7-8,23H2,1-4H3,(H,25,26);2*1H. The van der Waals surface area contributed by atoms with Crippen molar-refractivity contribution in [1.29, 1.82) is 0 Å². The number of halogens is 2. The Kier molecular flexibility index (Phi) is 10.8. The Balaban J connectivity index is 0.00000272. The Morgan fingerprint density at radius 3 is 2.12 bits per heavy atom. The van der Waals surface area contributed by atoms with Gasteiger partial charge < -0.3 is 34.5 Å². The highest BCUT2D eigenvalue weighted by Gasteiger charge is 2.20. The molecule has 1 aromatic heterocycles. The fraction of sp³-hybridized carbons (Fsp3) is 0.273. The average Bonchev–Trinajstić information content (AvgIpc) is 3.28. The molecule has 0 unspecified atom stereocenters. The van der Waals surface area contributed by atoms with Gasteiger partial charge in [-0.2, -0.15) is 0 Å². The number of benzene rings is 2. The molecule has 33 heavy (non-hydrogen) atoms. The summed E-state index contributed by atoms with van der Waals surface area (Å²) in [6.45, 7) is 0.255. The van der Waals surface area contributed by atoms with E-state index in [9.17, 15) is 4.79 Å². The number of nitrogens with one attached hydrogen (secondary N) is 1. The molecule has 2 aromatic carbocycles. The van der Waals surface area contributed by atoms with Crippen LogP contribution in [-0.2, 0) is 4.79 Å². The van der Waals surface area contributed by atoms with Crippen LogP contribution < -0.4 is 30.0 Å². The first-order chi connectivity index (χ1) is 15.1. The van der Waals surface area contributed by atoms with Gasteiger partial charge in [0.2, 0.25) is 11.7 Å². The predicted octanol–water partition coefficient (Wildman–Crippen LogP) is 4.17. The Morgan fingerprint density at radius 2 is 1.58 bits per heavy atom. The van der Waals surface area contributed by atoms with Crippen LogP contribution in [0.5, 0.6) is 23.0 Å². The number of nitrogens with two attached hydrogens (primary N) is 1. The van der Waals surface area contributed by atoms with E-state index < -0.39 is 0 Å². The normalized spacial score (nSPS) is 9.85.